The molecule has 2 aliphatic rings. The molecule has 10 heteroatoms. The van der Waals surface area contributed by atoms with Gasteiger partial charge in [-0.3, -0.25) is 19.4 Å². The first-order valence-corrected chi connectivity index (χ1v) is 16.8. The van der Waals surface area contributed by atoms with Gasteiger partial charge in [-0.05, 0) is 73.0 Å². The molecular weight excluding hydrogens is 638 g/mol. The molecule has 1 N–H and O–H groups in total. The number of aromatic nitrogens is 2. The summed E-state index contributed by atoms with van der Waals surface area (Å²) in [5.41, 5.74) is 6.35. The van der Waals surface area contributed by atoms with Crippen LogP contribution in [-0.4, -0.2) is 75.2 Å². The number of morpholine rings is 1. The van der Waals surface area contributed by atoms with Crippen molar-refractivity contribution in [3.05, 3.63) is 130 Å². The maximum atomic E-state index is 14.7. The van der Waals surface area contributed by atoms with Crippen molar-refractivity contribution in [2.24, 2.45) is 7.05 Å². The normalized spacial score (nSPS) is 16.3. The van der Waals surface area contributed by atoms with Gasteiger partial charge in [0, 0.05) is 68.1 Å². The molecule has 1 fully saturated rings. The number of rotatable bonds is 7. The third kappa shape index (κ3) is 6.57. The van der Waals surface area contributed by atoms with Gasteiger partial charge in [0.1, 0.15) is 11.4 Å². The molecule has 3 aromatic carbocycles. The van der Waals surface area contributed by atoms with E-state index >= 15 is 0 Å². The van der Waals surface area contributed by atoms with Crippen molar-refractivity contribution in [1.29, 1.82) is 0 Å². The molecule has 2 aliphatic heterocycles. The number of fused-ring (bicyclic) bond motifs is 1. The van der Waals surface area contributed by atoms with Gasteiger partial charge in [0.2, 0.25) is 0 Å². The molecule has 0 radical (unpaired) electrons. The highest BCUT2D eigenvalue weighted by molar-refractivity contribution is 6.31. The summed E-state index contributed by atoms with van der Waals surface area (Å²) in [5.74, 6) is -0.323. The van der Waals surface area contributed by atoms with Crippen LogP contribution in [0, 0.1) is 6.92 Å². The molecule has 1 unspecified atom stereocenters. The van der Waals surface area contributed by atoms with Gasteiger partial charge in [-0.2, -0.15) is 0 Å². The molecule has 49 heavy (non-hydrogen) atoms. The fourth-order valence-corrected chi connectivity index (χ4v) is 7.03. The van der Waals surface area contributed by atoms with Crippen molar-refractivity contribution in [2.45, 2.75) is 25.9 Å². The van der Waals surface area contributed by atoms with Gasteiger partial charge < -0.3 is 19.3 Å². The Bertz CT molecular complexity index is 1990. The van der Waals surface area contributed by atoms with Crippen molar-refractivity contribution in [3.63, 3.8) is 0 Å². The molecule has 4 heterocycles. The van der Waals surface area contributed by atoms with Crippen molar-refractivity contribution >= 4 is 34.8 Å². The third-order valence-electron chi connectivity index (χ3n) is 9.61. The molecule has 0 aliphatic carbocycles. The Morgan fingerprint density at radius 1 is 0.939 bits per heavy atom. The summed E-state index contributed by atoms with van der Waals surface area (Å²) in [6.45, 7) is 6.12. The first-order chi connectivity index (χ1) is 23.8. The number of halogens is 1. The SMILES string of the molecule is Cc1c(C(=O)N(c2ccccc2)c2ccc(O)cc2)cc(-c2cc(Cl)cnc2C(=O)N2Cc3ccccc3CC2CN2CCOCC2)n1C. The maximum Gasteiger partial charge on any atom is 0.273 e. The Balaban J connectivity index is 1.27. The lowest BCUT2D eigenvalue weighted by Gasteiger charge is -2.40. The lowest BCUT2D eigenvalue weighted by atomic mass is 9.92. The summed E-state index contributed by atoms with van der Waals surface area (Å²) in [7, 11) is 1.88. The molecule has 250 valence electrons. The van der Waals surface area contributed by atoms with Crippen LogP contribution in [0.2, 0.25) is 5.02 Å². The zero-order valence-electron chi connectivity index (χ0n) is 27.6. The number of benzene rings is 3. The van der Waals surface area contributed by atoms with E-state index in [1.165, 1.54) is 11.8 Å². The number of phenols is 1. The largest absolute Gasteiger partial charge is 0.508 e. The van der Waals surface area contributed by atoms with Crippen LogP contribution in [0.15, 0.2) is 97.2 Å². The molecule has 0 spiro atoms. The Morgan fingerprint density at radius 3 is 2.35 bits per heavy atom. The summed E-state index contributed by atoms with van der Waals surface area (Å²) in [5, 5.41) is 10.3. The predicted octanol–water partition coefficient (Wildman–Crippen LogP) is 6.63. The summed E-state index contributed by atoms with van der Waals surface area (Å²) < 4.78 is 7.50. The molecule has 2 amide bonds. The number of ether oxygens (including phenoxy) is 1. The zero-order valence-corrected chi connectivity index (χ0v) is 28.3. The number of pyridine rings is 1. The number of carbonyl (C=O) groups excluding carboxylic acids is 2. The average molecular weight is 676 g/mol. The summed E-state index contributed by atoms with van der Waals surface area (Å²) in [6, 6.07) is 27.7. The Labute approximate surface area is 290 Å². The van der Waals surface area contributed by atoms with E-state index in [0.29, 0.717) is 53.0 Å². The monoisotopic (exact) mass is 675 g/mol. The average Bonchev–Trinajstić information content (AvgIpc) is 3.42. The lowest BCUT2D eigenvalue weighted by Crippen LogP contribution is -2.52. The molecule has 1 saturated heterocycles. The van der Waals surface area contributed by atoms with Crippen molar-refractivity contribution in [3.8, 4) is 17.0 Å². The molecule has 0 saturated carbocycles. The van der Waals surface area contributed by atoms with Crippen LogP contribution >= 0.6 is 11.6 Å². The minimum atomic E-state index is -0.252. The van der Waals surface area contributed by atoms with E-state index in [-0.39, 0.29) is 29.3 Å². The second-order valence-electron chi connectivity index (χ2n) is 12.6. The van der Waals surface area contributed by atoms with Gasteiger partial charge in [0.05, 0.1) is 29.5 Å². The Morgan fingerprint density at radius 2 is 1.61 bits per heavy atom. The van der Waals surface area contributed by atoms with E-state index in [9.17, 15) is 14.7 Å². The van der Waals surface area contributed by atoms with E-state index in [1.807, 2.05) is 65.9 Å². The van der Waals surface area contributed by atoms with Crippen LogP contribution < -0.4 is 4.90 Å². The highest BCUT2D eigenvalue weighted by atomic mass is 35.5. The van der Waals surface area contributed by atoms with Crippen molar-refractivity contribution in [2.75, 3.05) is 37.7 Å². The molecule has 1 atom stereocenters. The standard InChI is InChI=1S/C39H38ClN5O4/c1-26-34(38(47)45(30-10-4-3-5-11-30)31-12-14-33(46)15-13-31)22-36(42(26)2)35-21-29(40)23-41-37(35)39(48)44-24-28-9-7-6-8-27(28)20-32(44)25-43-16-18-49-19-17-43/h3-15,21-23,32,46H,16-20,24-25H2,1-2H3. The van der Waals surface area contributed by atoms with Crippen LogP contribution in [0.1, 0.15) is 37.7 Å². The van der Waals surface area contributed by atoms with E-state index in [4.69, 9.17) is 16.3 Å². The minimum Gasteiger partial charge on any atom is -0.508 e. The van der Waals surface area contributed by atoms with Gasteiger partial charge in [0.15, 0.2) is 0 Å². The quantitative estimate of drug-likeness (QED) is 0.208. The molecular formula is C39H38ClN5O4. The minimum absolute atomic E-state index is 0.0529. The number of anilines is 2. The number of hydrogen-bond donors (Lipinski definition) is 1. The van der Waals surface area contributed by atoms with Crippen molar-refractivity contribution in [1.82, 2.24) is 19.4 Å². The van der Waals surface area contributed by atoms with Gasteiger partial charge in [-0.15, -0.1) is 0 Å². The van der Waals surface area contributed by atoms with Gasteiger partial charge in [-0.1, -0.05) is 54.1 Å². The van der Waals surface area contributed by atoms with Gasteiger partial charge >= 0.3 is 0 Å². The van der Waals surface area contributed by atoms with Crippen molar-refractivity contribution < 1.29 is 19.4 Å². The first-order valence-electron chi connectivity index (χ1n) is 16.5. The smallest absolute Gasteiger partial charge is 0.273 e. The van der Waals surface area contributed by atoms with E-state index in [0.717, 1.165) is 37.3 Å². The van der Waals surface area contributed by atoms with Crippen LogP contribution in [0.25, 0.3) is 11.3 Å². The van der Waals surface area contributed by atoms with E-state index in [1.54, 1.807) is 35.2 Å². The third-order valence-corrected chi connectivity index (χ3v) is 9.82. The highest BCUT2D eigenvalue weighted by Gasteiger charge is 2.35. The van der Waals surface area contributed by atoms with Crippen LogP contribution in [-0.2, 0) is 24.8 Å². The highest BCUT2D eigenvalue weighted by Crippen LogP contribution is 2.35. The Kier molecular flexibility index (Phi) is 9.23. The molecule has 5 aromatic rings. The summed E-state index contributed by atoms with van der Waals surface area (Å²) in [6.07, 6.45) is 2.26. The fraction of sp³-hybridized carbons (Fsp3) is 0.256. The summed E-state index contributed by atoms with van der Waals surface area (Å²) >= 11 is 6.56. The molecule has 7 rings (SSSR count). The predicted molar refractivity (Wildman–Crippen MR) is 190 cm³/mol. The molecule has 9 nitrogen and oxygen atoms in total. The van der Waals surface area contributed by atoms with E-state index < -0.39 is 0 Å². The van der Waals surface area contributed by atoms with Crippen LogP contribution in [0.3, 0.4) is 0 Å². The number of aromatic hydroxyl groups is 1. The van der Waals surface area contributed by atoms with Gasteiger partial charge in [0.25, 0.3) is 11.8 Å². The number of phenolic OH excluding ortho intramolecular Hbond substituents is 1. The Hall–Kier alpha value is -4.96. The molecule has 0 bridgehead atoms. The van der Waals surface area contributed by atoms with E-state index in [2.05, 4.69) is 28.1 Å². The first kappa shape index (κ1) is 32.6. The number of carbonyl (C=O) groups is 2. The maximum absolute atomic E-state index is 14.7. The second kappa shape index (κ2) is 13.9. The second-order valence-corrected chi connectivity index (χ2v) is 13.0. The zero-order chi connectivity index (χ0) is 34.1. The fourth-order valence-electron chi connectivity index (χ4n) is 6.87. The number of hydrogen-bond acceptors (Lipinski definition) is 6. The van der Waals surface area contributed by atoms with Crippen LogP contribution in [0.5, 0.6) is 5.75 Å². The number of para-hydroxylation sites is 1. The molecule has 2 aromatic heterocycles. The number of nitrogens with zero attached hydrogens (tertiary/aromatic N) is 5. The summed E-state index contributed by atoms with van der Waals surface area (Å²) in [4.78, 5) is 39.7. The number of amides is 2. The van der Waals surface area contributed by atoms with Crippen LogP contribution in [0.4, 0.5) is 11.4 Å². The lowest BCUT2D eigenvalue weighted by molar-refractivity contribution is 0.0191. The van der Waals surface area contributed by atoms with Gasteiger partial charge in [-0.25, -0.2) is 4.98 Å². The topological polar surface area (TPSA) is 91.1 Å².